The summed E-state index contributed by atoms with van der Waals surface area (Å²) in [6, 6.07) is 3.17. The van der Waals surface area contributed by atoms with Crippen molar-refractivity contribution in [3.8, 4) is 0 Å². The Kier molecular flexibility index (Phi) is 4.75. The van der Waals surface area contributed by atoms with Gasteiger partial charge in [-0.15, -0.1) is 0 Å². The van der Waals surface area contributed by atoms with Crippen molar-refractivity contribution in [1.82, 2.24) is 5.32 Å². The Hall–Kier alpha value is -1.78. The smallest absolute Gasteiger partial charge is 0.227 e. The van der Waals surface area contributed by atoms with E-state index in [-0.39, 0.29) is 30.7 Å². The molecule has 17 heavy (non-hydrogen) atoms. The van der Waals surface area contributed by atoms with E-state index in [0.717, 1.165) is 18.2 Å². The first-order chi connectivity index (χ1) is 7.99. The van der Waals surface area contributed by atoms with Crippen molar-refractivity contribution in [1.29, 1.82) is 0 Å². The normalized spacial score (nSPS) is 10.1. The van der Waals surface area contributed by atoms with Crippen LogP contribution in [0, 0.1) is 11.6 Å². The fourth-order valence-corrected chi connectivity index (χ4v) is 1.36. The number of hydrogen-bond donors (Lipinski definition) is 1. The molecule has 0 saturated heterocycles. The summed E-state index contributed by atoms with van der Waals surface area (Å²) in [5, 5.41) is 2.46. The van der Waals surface area contributed by atoms with E-state index in [1.54, 1.807) is 0 Å². The van der Waals surface area contributed by atoms with Crippen LogP contribution >= 0.6 is 0 Å². The molecule has 0 radical (unpaired) electrons. The number of ketones is 1. The predicted molar refractivity (Wildman–Crippen MR) is 58.4 cm³/mol. The van der Waals surface area contributed by atoms with E-state index >= 15 is 0 Å². The highest BCUT2D eigenvalue weighted by Gasteiger charge is 2.06. The molecule has 0 fully saturated rings. The van der Waals surface area contributed by atoms with Gasteiger partial charge >= 0.3 is 0 Å². The molecule has 1 amide bonds. The zero-order chi connectivity index (χ0) is 12.8. The van der Waals surface area contributed by atoms with Crippen molar-refractivity contribution in [3.05, 3.63) is 35.4 Å². The number of amides is 1. The molecule has 0 heterocycles. The van der Waals surface area contributed by atoms with Crippen LogP contribution in [-0.4, -0.2) is 18.2 Å². The van der Waals surface area contributed by atoms with Crippen LogP contribution in [-0.2, 0) is 16.0 Å². The molecule has 1 aromatic rings. The van der Waals surface area contributed by atoms with E-state index in [0.29, 0.717) is 0 Å². The lowest BCUT2D eigenvalue weighted by atomic mass is 10.1. The summed E-state index contributed by atoms with van der Waals surface area (Å²) in [6.45, 7) is 1.48. The van der Waals surface area contributed by atoms with Crippen LogP contribution < -0.4 is 5.32 Å². The van der Waals surface area contributed by atoms with Crippen LogP contribution in [0.15, 0.2) is 18.2 Å². The number of halogens is 2. The van der Waals surface area contributed by atoms with E-state index in [2.05, 4.69) is 5.32 Å². The van der Waals surface area contributed by atoms with Crippen molar-refractivity contribution in [2.24, 2.45) is 0 Å². The number of rotatable bonds is 5. The zero-order valence-electron chi connectivity index (χ0n) is 9.43. The highest BCUT2D eigenvalue weighted by molar-refractivity contribution is 5.96. The molecule has 0 spiro atoms. The molecule has 0 aliphatic heterocycles. The van der Waals surface area contributed by atoms with E-state index in [9.17, 15) is 18.4 Å². The first kappa shape index (κ1) is 13.3. The minimum atomic E-state index is -0.517. The fourth-order valence-electron chi connectivity index (χ4n) is 1.36. The van der Waals surface area contributed by atoms with Gasteiger partial charge in [0.1, 0.15) is 17.4 Å². The average Bonchev–Trinajstić information content (AvgIpc) is 2.22. The third kappa shape index (κ3) is 4.72. The van der Waals surface area contributed by atoms with Crippen molar-refractivity contribution in [3.63, 3.8) is 0 Å². The van der Waals surface area contributed by atoms with Gasteiger partial charge in [-0.2, -0.15) is 0 Å². The Labute approximate surface area is 97.8 Å². The van der Waals surface area contributed by atoms with Gasteiger partial charge in [-0.05, 0) is 37.1 Å². The zero-order valence-corrected chi connectivity index (χ0v) is 9.43. The summed E-state index contributed by atoms with van der Waals surface area (Å²) in [6.07, 6.45) is -0.00112. The minimum Gasteiger partial charge on any atom is -0.355 e. The number of carbonyl (C=O) groups is 2. The van der Waals surface area contributed by atoms with E-state index in [4.69, 9.17) is 0 Å². The van der Waals surface area contributed by atoms with E-state index in [1.165, 1.54) is 6.92 Å². The van der Waals surface area contributed by atoms with Gasteiger partial charge in [0.2, 0.25) is 5.91 Å². The van der Waals surface area contributed by atoms with Gasteiger partial charge in [0, 0.05) is 6.54 Å². The van der Waals surface area contributed by atoms with Gasteiger partial charge in [0.05, 0.1) is 6.42 Å². The summed E-state index contributed by atoms with van der Waals surface area (Å²) in [5.74, 6) is -1.67. The van der Waals surface area contributed by atoms with E-state index in [1.807, 2.05) is 0 Å². The molecule has 3 nitrogen and oxygen atoms in total. The lowest BCUT2D eigenvalue weighted by Crippen LogP contribution is -2.27. The maximum atomic E-state index is 13.2. The topological polar surface area (TPSA) is 46.2 Å². The van der Waals surface area contributed by atoms with Crippen molar-refractivity contribution < 1.29 is 18.4 Å². The molecule has 5 heteroatoms. The predicted octanol–water partition coefficient (Wildman–Crippen LogP) is 1.60. The number of nitrogens with one attached hydrogen (secondary N) is 1. The highest BCUT2D eigenvalue weighted by atomic mass is 19.1. The average molecular weight is 241 g/mol. The summed E-state index contributed by atoms with van der Waals surface area (Å²) < 4.78 is 26.0. The number of benzene rings is 1. The Morgan fingerprint density at radius 1 is 1.29 bits per heavy atom. The van der Waals surface area contributed by atoms with Gasteiger partial charge in [-0.25, -0.2) is 8.78 Å². The van der Waals surface area contributed by atoms with Gasteiger partial charge < -0.3 is 5.32 Å². The molecule has 0 aliphatic carbocycles. The van der Waals surface area contributed by atoms with Crippen LogP contribution in [0.4, 0.5) is 8.78 Å². The lowest BCUT2D eigenvalue weighted by molar-refractivity contribution is -0.127. The molecule has 0 atom stereocenters. The van der Waals surface area contributed by atoms with Crippen molar-refractivity contribution in [2.45, 2.75) is 19.8 Å². The first-order valence-corrected chi connectivity index (χ1v) is 5.19. The second-order valence-electron chi connectivity index (χ2n) is 3.71. The summed E-state index contributed by atoms with van der Waals surface area (Å²) in [4.78, 5) is 21.7. The molecule has 0 saturated carbocycles. The van der Waals surface area contributed by atoms with Crippen molar-refractivity contribution in [2.75, 3.05) is 6.54 Å². The molecule has 0 unspecified atom stereocenters. The van der Waals surface area contributed by atoms with Gasteiger partial charge in [0.25, 0.3) is 0 Å². The second-order valence-corrected chi connectivity index (χ2v) is 3.71. The lowest BCUT2D eigenvalue weighted by Gasteiger charge is -2.05. The van der Waals surface area contributed by atoms with Crippen LogP contribution in [0.25, 0.3) is 0 Å². The van der Waals surface area contributed by atoms with Gasteiger partial charge in [0.15, 0.2) is 0 Å². The van der Waals surface area contributed by atoms with Crippen LogP contribution in [0.2, 0.25) is 0 Å². The Balaban J connectivity index is 2.43. The van der Waals surface area contributed by atoms with Crippen LogP contribution in [0.3, 0.4) is 0 Å². The first-order valence-electron chi connectivity index (χ1n) is 5.19. The molecule has 1 aromatic carbocycles. The largest absolute Gasteiger partial charge is 0.355 e. The molecule has 0 aliphatic rings. The molecule has 0 bridgehead atoms. The molecule has 1 N–H and O–H groups in total. The maximum absolute atomic E-state index is 13.2. The van der Waals surface area contributed by atoms with E-state index < -0.39 is 17.5 Å². The number of Topliss-reactive ketones (excluding diaryl/α,β-unsaturated/α-hetero) is 1. The summed E-state index contributed by atoms with van der Waals surface area (Å²) in [5.41, 5.74) is 0.202. The SMILES string of the molecule is CC(=O)CC(=O)NCCc1cc(F)ccc1F. The van der Waals surface area contributed by atoms with Gasteiger partial charge in [-0.3, -0.25) is 9.59 Å². The minimum absolute atomic E-state index is 0.173. The molecule has 1 rings (SSSR count). The van der Waals surface area contributed by atoms with Crippen LogP contribution in [0.1, 0.15) is 18.9 Å². The maximum Gasteiger partial charge on any atom is 0.227 e. The molecular formula is C12H13F2NO2. The molecular weight excluding hydrogens is 228 g/mol. The number of hydrogen-bond acceptors (Lipinski definition) is 2. The Morgan fingerprint density at radius 2 is 2.00 bits per heavy atom. The quantitative estimate of drug-likeness (QED) is 0.796. The summed E-state index contributed by atoms with van der Waals surface area (Å²) >= 11 is 0. The highest BCUT2D eigenvalue weighted by Crippen LogP contribution is 2.09. The van der Waals surface area contributed by atoms with Gasteiger partial charge in [-0.1, -0.05) is 0 Å². The Bertz CT molecular complexity index is 433. The fraction of sp³-hybridized carbons (Fsp3) is 0.333. The number of carbonyl (C=O) groups excluding carboxylic acids is 2. The summed E-state index contributed by atoms with van der Waals surface area (Å²) in [7, 11) is 0. The van der Waals surface area contributed by atoms with Crippen molar-refractivity contribution >= 4 is 11.7 Å². The third-order valence-corrected chi connectivity index (χ3v) is 2.13. The monoisotopic (exact) mass is 241 g/mol. The molecule has 92 valence electrons. The third-order valence-electron chi connectivity index (χ3n) is 2.13. The molecule has 0 aromatic heterocycles. The van der Waals surface area contributed by atoms with Crippen LogP contribution in [0.5, 0.6) is 0 Å². The standard InChI is InChI=1S/C12H13F2NO2/c1-8(16)6-12(17)15-5-4-9-7-10(13)2-3-11(9)14/h2-3,7H,4-6H2,1H3,(H,15,17). The Morgan fingerprint density at radius 3 is 2.65 bits per heavy atom. The second kappa shape index (κ2) is 6.08.